The molecule has 4 amide bonds. The van der Waals surface area contributed by atoms with Gasteiger partial charge in [0.15, 0.2) is 0 Å². The summed E-state index contributed by atoms with van der Waals surface area (Å²) in [5.74, 6) is -1.35. The van der Waals surface area contributed by atoms with E-state index >= 15 is 0 Å². The standard InChI is InChI=1S/C35H40IN5O8S/c1-20-9-11-22(12-10-20)49-33(45)38-28(34(2,3)4)31(43)41-19-23(48-30-25-8-6-5-7-21(25)15-16-37-30)17-26(41)29(42)39-35(18-27(35)36)32(44)40-50(46,47)24-13-14-24/h5-12,15-16,23-24,26-28H,13-14,17-19H2,1-4H3,(H,38,45)(H,39,42)(H,40,44)/t23-,26+,27-,28-,35-/m1/s1. The predicted molar refractivity (Wildman–Crippen MR) is 193 cm³/mol. The molecule has 2 aliphatic carbocycles. The summed E-state index contributed by atoms with van der Waals surface area (Å²) in [7, 11) is -3.86. The maximum Gasteiger partial charge on any atom is 0.413 e. The average molecular weight is 818 g/mol. The Morgan fingerprint density at radius 1 is 1.04 bits per heavy atom. The number of aromatic nitrogens is 1. The maximum atomic E-state index is 14.4. The molecule has 2 heterocycles. The lowest BCUT2D eigenvalue weighted by atomic mass is 9.85. The van der Waals surface area contributed by atoms with Crippen molar-refractivity contribution in [1.29, 1.82) is 0 Å². The molecule has 50 heavy (non-hydrogen) atoms. The van der Waals surface area contributed by atoms with Gasteiger partial charge in [-0.15, -0.1) is 0 Å². The van der Waals surface area contributed by atoms with Crippen molar-refractivity contribution in [1.82, 2.24) is 25.2 Å². The summed E-state index contributed by atoms with van der Waals surface area (Å²) >= 11 is 2.01. The van der Waals surface area contributed by atoms with E-state index in [4.69, 9.17) is 9.47 Å². The first-order valence-electron chi connectivity index (χ1n) is 16.5. The van der Waals surface area contributed by atoms with Gasteiger partial charge in [-0.2, -0.15) is 0 Å². The Bertz CT molecular complexity index is 1930. The number of hydrogen-bond acceptors (Lipinski definition) is 9. The van der Waals surface area contributed by atoms with Crippen LogP contribution in [-0.4, -0.2) is 81.6 Å². The number of nitrogens with zero attached hydrogens (tertiary/aromatic N) is 2. The molecule has 3 N–H and O–H groups in total. The lowest BCUT2D eigenvalue weighted by Gasteiger charge is -2.35. The van der Waals surface area contributed by atoms with Gasteiger partial charge < -0.3 is 25.0 Å². The number of halogens is 1. The molecular weight excluding hydrogens is 777 g/mol. The van der Waals surface area contributed by atoms with E-state index in [0.717, 1.165) is 16.3 Å². The van der Waals surface area contributed by atoms with Gasteiger partial charge in [-0.05, 0) is 61.3 Å². The van der Waals surface area contributed by atoms with Crippen molar-refractivity contribution in [3.05, 3.63) is 66.4 Å². The highest BCUT2D eigenvalue weighted by atomic mass is 127. The van der Waals surface area contributed by atoms with Gasteiger partial charge in [0, 0.05) is 21.9 Å². The number of fused-ring (bicyclic) bond motifs is 1. The zero-order valence-corrected chi connectivity index (χ0v) is 31.1. The van der Waals surface area contributed by atoms with Crippen LogP contribution < -0.4 is 24.8 Å². The Balaban J connectivity index is 1.26. The van der Waals surface area contributed by atoms with Crippen molar-refractivity contribution in [3.8, 4) is 11.6 Å². The molecule has 1 saturated heterocycles. The first-order chi connectivity index (χ1) is 23.6. The topological polar surface area (TPSA) is 173 Å². The van der Waals surface area contributed by atoms with Crippen LogP contribution in [-0.2, 0) is 24.4 Å². The van der Waals surface area contributed by atoms with E-state index < -0.39 is 68.2 Å². The molecule has 13 nitrogen and oxygen atoms in total. The predicted octanol–water partition coefficient (Wildman–Crippen LogP) is 3.77. The van der Waals surface area contributed by atoms with E-state index in [9.17, 15) is 27.6 Å². The fraction of sp³-hybridized carbons (Fsp3) is 0.457. The Kier molecular flexibility index (Phi) is 9.76. The molecule has 1 aliphatic heterocycles. The van der Waals surface area contributed by atoms with Gasteiger partial charge >= 0.3 is 6.09 Å². The quantitative estimate of drug-likeness (QED) is 0.204. The van der Waals surface area contributed by atoms with Crippen molar-refractivity contribution in [2.75, 3.05) is 6.54 Å². The second kappa shape index (κ2) is 13.6. The number of aryl methyl sites for hydroxylation is 1. The molecule has 0 bridgehead atoms. The number of alkyl halides is 1. The molecule has 3 fully saturated rings. The van der Waals surface area contributed by atoms with Crippen LogP contribution in [0.4, 0.5) is 4.79 Å². The number of likely N-dealkylation sites (tertiary alicyclic amines) is 1. The minimum atomic E-state index is -3.86. The second-order valence-electron chi connectivity index (χ2n) is 14.3. The van der Waals surface area contributed by atoms with Gasteiger partial charge in [-0.25, -0.2) is 18.2 Å². The average Bonchev–Trinajstić information content (AvgIpc) is 3.98. The Labute approximate surface area is 304 Å². The molecule has 15 heteroatoms. The Morgan fingerprint density at radius 3 is 2.36 bits per heavy atom. The van der Waals surface area contributed by atoms with Crippen LogP contribution in [0.1, 0.15) is 52.0 Å². The number of carbonyl (C=O) groups excluding carboxylic acids is 4. The zero-order valence-electron chi connectivity index (χ0n) is 28.1. The van der Waals surface area contributed by atoms with Gasteiger partial charge in [0.2, 0.25) is 27.7 Å². The van der Waals surface area contributed by atoms with E-state index in [1.807, 2.05) is 59.8 Å². The van der Waals surface area contributed by atoms with Crippen LogP contribution in [0, 0.1) is 12.3 Å². The van der Waals surface area contributed by atoms with Crippen LogP contribution in [0.15, 0.2) is 60.8 Å². The van der Waals surface area contributed by atoms with Crippen molar-refractivity contribution in [3.63, 3.8) is 0 Å². The lowest BCUT2D eigenvalue weighted by Crippen LogP contribution is -2.60. The summed E-state index contributed by atoms with van der Waals surface area (Å²) in [4.78, 5) is 60.7. The molecule has 6 rings (SSSR count). The van der Waals surface area contributed by atoms with E-state index in [1.165, 1.54) is 4.90 Å². The molecule has 0 unspecified atom stereocenters. The number of carbonyl (C=O) groups is 4. The smallest absolute Gasteiger partial charge is 0.413 e. The number of benzene rings is 2. The van der Waals surface area contributed by atoms with Crippen molar-refractivity contribution in [2.24, 2.45) is 5.41 Å². The highest BCUT2D eigenvalue weighted by Gasteiger charge is 2.62. The summed E-state index contributed by atoms with van der Waals surface area (Å²) in [6.45, 7) is 7.23. The summed E-state index contributed by atoms with van der Waals surface area (Å²) in [6, 6.07) is 14.0. The summed E-state index contributed by atoms with van der Waals surface area (Å²) in [6.07, 6.45) is 1.33. The SMILES string of the molecule is Cc1ccc(OC(=O)N[C@H](C(=O)N2C[C@H](Oc3nccc4ccccc34)C[C@H]2C(=O)N[C@]2(C(=O)NS(=O)(=O)C3CC3)C[C@H]2I)C(C)(C)C)cc1. The van der Waals surface area contributed by atoms with E-state index in [2.05, 4.69) is 20.3 Å². The van der Waals surface area contributed by atoms with Crippen molar-refractivity contribution < 1.29 is 37.1 Å². The van der Waals surface area contributed by atoms with Crippen molar-refractivity contribution in [2.45, 2.75) is 86.3 Å². The largest absolute Gasteiger partial charge is 0.472 e. The first kappa shape index (κ1) is 35.8. The number of nitrogens with one attached hydrogen (secondary N) is 3. The van der Waals surface area contributed by atoms with Gasteiger partial charge in [0.05, 0.1) is 11.8 Å². The van der Waals surface area contributed by atoms with Crippen LogP contribution in [0.3, 0.4) is 0 Å². The summed E-state index contributed by atoms with van der Waals surface area (Å²) < 4.78 is 38.8. The summed E-state index contributed by atoms with van der Waals surface area (Å²) in [5, 5.41) is 6.54. The highest BCUT2D eigenvalue weighted by molar-refractivity contribution is 14.1. The van der Waals surface area contributed by atoms with Crippen LogP contribution in [0.5, 0.6) is 11.6 Å². The molecule has 266 valence electrons. The number of rotatable bonds is 10. The molecular formula is C35H40IN5O8S. The third-order valence-corrected chi connectivity index (χ3v) is 12.5. The zero-order chi connectivity index (χ0) is 36.0. The molecule has 0 spiro atoms. The maximum absolute atomic E-state index is 14.4. The molecule has 2 aromatic carbocycles. The molecule has 0 radical (unpaired) electrons. The number of hydrogen-bond donors (Lipinski definition) is 3. The van der Waals surface area contributed by atoms with Crippen molar-refractivity contribution >= 4 is 67.2 Å². The molecule has 3 aromatic rings. The Hall–Kier alpha value is -3.99. The van der Waals surface area contributed by atoms with E-state index in [0.29, 0.717) is 24.5 Å². The van der Waals surface area contributed by atoms with Gasteiger partial charge in [0.1, 0.15) is 29.5 Å². The molecule has 2 saturated carbocycles. The first-order valence-corrected chi connectivity index (χ1v) is 19.2. The number of amides is 4. The van der Waals surface area contributed by atoms with Crippen LogP contribution in [0.2, 0.25) is 0 Å². The minimum absolute atomic E-state index is 0.0218. The van der Waals surface area contributed by atoms with E-state index in [1.54, 1.807) is 51.2 Å². The molecule has 5 atom stereocenters. The lowest BCUT2D eigenvalue weighted by molar-refractivity contribution is -0.142. The third-order valence-electron chi connectivity index (χ3n) is 9.20. The fourth-order valence-corrected chi connectivity index (χ4v) is 8.52. The third kappa shape index (κ3) is 7.67. The number of ether oxygens (including phenoxy) is 2. The highest BCUT2D eigenvalue weighted by Crippen LogP contribution is 2.44. The number of sulfonamides is 1. The summed E-state index contributed by atoms with van der Waals surface area (Å²) in [5.41, 5.74) is -1.29. The van der Waals surface area contributed by atoms with E-state index in [-0.39, 0.29) is 23.3 Å². The number of pyridine rings is 1. The fourth-order valence-electron chi connectivity index (χ4n) is 6.02. The van der Waals surface area contributed by atoms with Gasteiger partial charge in [-0.1, -0.05) is 79.3 Å². The van der Waals surface area contributed by atoms with Crippen LogP contribution in [0.25, 0.3) is 10.8 Å². The molecule has 3 aliphatic rings. The Morgan fingerprint density at radius 2 is 1.72 bits per heavy atom. The molecule has 1 aromatic heterocycles. The second-order valence-corrected chi connectivity index (χ2v) is 17.7. The monoisotopic (exact) mass is 817 g/mol. The van der Waals surface area contributed by atoms with Gasteiger partial charge in [0.25, 0.3) is 5.91 Å². The normalized spacial score (nSPS) is 23.9. The van der Waals surface area contributed by atoms with Gasteiger partial charge in [-0.3, -0.25) is 19.1 Å². The minimum Gasteiger partial charge on any atom is -0.472 e. The van der Waals surface area contributed by atoms with Crippen LogP contribution >= 0.6 is 22.6 Å².